The summed E-state index contributed by atoms with van der Waals surface area (Å²) in [7, 11) is 0. The van der Waals surface area contributed by atoms with E-state index in [0.717, 1.165) is 19.3 Å². The minimum atomic E-state index is -0.500. The minimum absolute atomic E-state index is 0.122. The molecule has 5 nitrogen and oxygen atoms in total. The van der Waals surface area contributed by atoms with E-state index in [2.05, 4.69) is 0 Å². The molecule has 1 fully saturated rings. The second-order valence-electron chi connectivity index (χ2n) is 4.20. The average Bonchev–Trinajstić information content (AvgIpc) is 2.76. The lowest BCUT2D eigenvalue weighted by molar-refractivity contribution is -0.132. The second kappa shape index (κ2) is 6.60. The molecule has 91 valence electrons. The molecular formula is C11H20N3O2. The van der Waals surface area contributed by atoms with Crippen molar-refractivity contribution in [3.05, 3.63) is 0 Å². The topological polar surface area (TPSA) is 89.4 Å². The lowest BCUT2D eigenvalue weighted by atomic mass is 10.1. The normalized spacial score (nSPS) is 22.1. The highest BCUT2D eigenvalue weighted by molar-refractivity contribution is 5.84. The Morgan fingerprint density at radius 3 is 2.88 bits per heavy atom. The molecule has 0 bridgehead atoms. The van der Waals surface area contributed by atoms with Crippen molar-refractivity contribution in [2.75, 3.05) is 13.1 Å². The Labute approximate surface area is 96.1 Å². The number of hydrogen-bond acceptors (Lipinski definition) is 4. The number of hydrogen-bond donors (Lipinski definition) is 2. The first-order valence-corrected chi connectivity index (χ1v) is 5.84. The summed E-state index contributed by atoms with van der Waals surface area (Å²) in [6.45, 7) is 1.25. The van der Waals surface area contributed by atoms with Crippen LogP contribution < -0.4 is 11.5 Å². The molecule has 0 saturated carbocycles. The van der Waals surface area contributed by atoms with Crippen LogP contribution in [0.1, 0.15) is 32.1 Å². The number of nitrogens with two attached hydrogens (primary N) is 2. The van der Waals surface area contributed by atoms with E-state index in [4.69, 9.17) is 11.5 Å². The first kappa shape index (κ1) is 13.1. The van der Waals surface area contributed by atoms with Crippen LogP contribution in [0.2, 0.25) is 0 Å². The molecule has 1 radical (unpaired) electrons. The van der Waals surface area contributed by atoms with Gasteiger partial charge in [-0.25, -0.2) is 0 Å². The number of carbonyl (C=O) groups excluding carboxylic acids is 2. The van der Waals surface area contributed by atoms with Crippen LogP contribution in [-0.4, -0.2) is 42.3 Å². The summed E-state index contributed by atoms with van der Waals surface area (Å²) < 4.78 is 0. The molecule has 0 aliphatic carbocycles. The van der Waals surface area contributed by atoms with Gasteiger partial charge in [-0.1, -0.05) is 6.42 Å². The Balaban J connectivity index is 2.40. The quantitative estimate of drug-likeness (QED) is 0.600. The third kappa shape index (κ3) is 3.28. The zero-order valence-corrected chi connectivity index (χ0v) is 9.52. The van der Waals surface area contributed by atoms with Crippen LogP contribution >= 0.6 is 0 Å². The summed E-state index contributed by atoms with van der Waals surface area (Å²) in [5.41, 5.74) is 11.2. The Kier molecular flexibility index (Phi) is 5.42. The maximum absolute atomic E-state index is 11.9. The fraction of sp³-hybridized carbons (Fsp3) is 0.818. The van der Waals surface area contributed by atoms with E-state index in [9.17, 15) is 9.59 Å². The van der Waals surface area contributed by atoms with Crippen LogP contribution in [0.5, 0.6) is 0 Å². The smallest absolute Gasteiger partial charge is 0.240 e. The fourth-order valence-corrected chi connectivity index (χ4v) is 2.00. The number of amides is 1. The first-order chi connectivity index (χ1) is 7.70. The number of carbonyl (C=O) groups is 1. The lowest BCUT2D eigenvalue weighted by Crippen LogP contribution is -2.46. The molecule has 0 aromatic heterocycles. The van der Waals surface area contributed by atoms with Crippen molar-refractivity contribution in [3.63, 3.8) is 0 Å². The van der Waals surface area contributed by atoms with Crippen molar-refractivity contribution >= 4 is 12.2 Å². The van der Waals surface area contributed by atoms with Crippen LogP contribution in [0, 0.1) is 0 Å². The predicted molar refractivity (Wildman–Crippen MR) is 61.3 cm³/mol. The maximum Gasteiger partial charge on any atom is 0.240 e. The Morgan fingerprint density at radius 1 is 1.50 bits per heavy atom. The SMILES string of the molecule is NCCCCC(N)C(=O)N1CCCC1[C]=O. The van der Waals surface area contributed by atoms with Gasteiger partial charge in [-0.3, -0.25) is 9.59 Å². The van der Waals surface area contributed by atoms with Crippen molar-refractivity contribution in [1.82, 2.24) is 4.90 Å². The van der Waals surface area contributed by atoms with Gasteiger partial charge in [0, 0.05) is 6.54 Å². The van der Waals surface area contributed by atoms with Gasteiger partial charge >= 0.3 is 0 Å². The summed E-state index contributed by atoms with van der Waals surface area (Å²) in [4.78, 5) is 24.1. The fourth-order valence-electron chi connectivity index (χ4n) is 2.00. The minimum Gasteiger partial charge on any atom is -0.331 e. The molecule has 0 aromatic carbocycles. The van der Waals surface area contributed by atoms with Crippen LogP contribution in [0.25, 0.3) is 0 Å². The lowest BCUT2D eigenvalue weighted by Gasteiger charge is -2.23. The van der Waals surface area contributed by atoms with E-state index in [1.807, 2.05) is 6.29 Å². The largest absolute Gasteiger partial charge is 0.331 e. The third-order valence-corrected chi connectivity index (χ3v) is 2.96. The van der Waals surface area contributed by atoms with E-state index in [1.54, 1.807) is 4.90 Å². The van der Waals surface area contributed by atoms with Gasteiger partial charge < -0.3 is 16.4 Å². The second-order valence-corrected chi connectivity index (χ2v) is 4.20. The molecule has 1 saturated heterocycles. The van der Waals surface area contributed by atoms with Gasteiger partial charge in [-0.2, -0.15) is 0 Å². The van der Waals surface area contributed by atoms with Crippen molar-refractivity contribution in [2.24, 2.45) is 11.5 Å². The summed E-state index contributed by atoms with van der Waals surface area (Å²) in [6.07, 6.45) is 5.84. The van der Waals surface area contributed by atoms with Gasteiger partial charge in [0.05, 0.1) is 12.1 Å². The highest BCUT2D eigenvalue weighted by Crippen LogP contribution is 2.17. The molecule has 2 atom stereocenters. The Morgan fingerprint density at radius 2 is 2.25 bits per heavy atom. The predicted octanol–water partition coefficient (Wildman–Crippen LogP) is -0.457. The number of unbranched alkanes of at least 4 members (excludes halogenated alkanes) is 1. The Bertz CT molecular complexity index is 245. The van der Waals surface area contributed by atoms with Crippen molar-refractivity contribution in [1.29, 1.82) is 0 Å². The van der Waals surface area contributed by atoms with Gasteiger partial charge in [-0.15, -0.1) is 0 Å². The van der Waals surface area contributed by atoms with Gasteiger partial charge in [0.2, 0.25) is 12.2 Å². The van der Waals surface area contributed by atoms with Gasteiger partial charge in [0.1, 0.15) is 0 Å². The van der Waals surface area contributed by atoms with Crippen molar-refractivity contribution in [3.8, 4) is 0 Å². The molecule has 0 aromatic rings. The summed E-state index contributed by atoms with van der Waals surface area (Å²) in [5.74, 6) is -0.122. The van der Waals surface area contributed by atoms with E-state index < -0.39 is 6.04 Å². The molecule has 2 unspecified atom stereocenters. The molecule has 1 heterocycles. The molecule has 0 spiro atoms. The molecular weight excluding hydrogens is 206 g/mol. The van der Waals surface area contributed by atoms with Crippen molar-refractivity contribution in [2.45, 2.75) is 44.2 Å². The van der Waals surface area contributed by atoms with Crippen LogP contribution in [-0.2, 0) is 9.59 Å². The number of rotatable bonds is 6. The maximum atomic E-state index is 11.9. The van der Waals surface area contributed by atoms with Gasteiger partial charge in [0.25, 0.3) is 0 Å². The number of nitrogens with zero attached hydrogens (tertiary/aromatic N) is 1. The summed E-state index contributed by atoms with van der Waals surface area (Å²) >= 11 is 0. The molecule has 1 aliphatic rings. The molecule has 1 aliphatic heterocycles. The van der Waals surface area contributed by atoms with Gasteiger partial charge in [-0.05, 0) is 32.2 Å². The van der Waals surface area contributed by atoms with Crippen molar-refractivity contribution < 1.29 is 9.59 Å². The van der Waals surface area contributed by atoms with Crippen LogP contribution in [0.3, 0.4) is 0 Å². The van der Waals surface area contributed by atoms with Crippen LogP contribution in [0.4, 0.5) is 0 Å². The molecule has 1 rings (SSSR count). The molecule has 5 heteroatoms. The van der Waals surface area contributed by atoms with E-state index in [-0.39, 0.29) is 11.9 Å². The summed E-state index contributed by atoms with van der Waals surface area (Å²) in [6, 6.07) is -0.881. The van der Waals surface area contributed by atoms with Crippen LogP contribution in [0.15, 0.2) is 0 Å². The third-order valence-electron chi connectivity index (χ3n) is 2.96. The zero-order valence-electron chi connectivity index (χ0n) is 9.52. The molecule has 16 heavy (non-hydrogen) atoms. The highest BCUT2D eigenvalue weighted by atomic mass is 16.2. The molecule has 4 N–H and O–H groups in total. The molecule has 1 amide bonds. The highest BCUT2D eigenvalue weighted by Gasteiger charge is 2.31. The van der Waals surface area contributed by atoms with E-state index in [1.165, 1.54) is 0 Å². The Hall–Kier alpha value is -0.940. The average molecular weight is 226 g/mol. The zero-order chi connectivity index (χ0) is 12.0. The standard InChI is InChI=1S/C11H20N3O2/c12-6-2-1-5-10(13)11(16)14-7-3-4-9(14)8-15/h9-10H,1-7,12-13H2. The van der Waals surface area contributed by atoms with E-state index >= 15 is 0 Å². The monoisotopic (exact) mass is 226 g/mol. The van der Waals surface area contributed by atoms with E-state index in [0.29, 0.717) is 25.9 Å². The first-order valence-electron chi connectivity index (χ1n) is 5.84. The number of likely N-dealkylation sites (tertiary alicyclic amines) is 1. The summed E-state index contributed by atoms with van der Waals surface area (Å²) in [5, 5.41) is 0. The van der Waals surface area contributed by atoms with Gasteiger partial charge in [0.15, 0.2) is 0 Å².